The Labute approximate surface area is 199 Å². The third-order valence-electron chi connectivity index (χ3n) is 5.76. The Bertz CT molecular complexity index is 1400. The van der Waals surface area contributed by atoms with Gasteiger partial charge in [-0.2, -0.15) is 5.10 Å². The van der Waals surface area contributed by atoms with Gasteiger partial charge in [0.15, 0.2) is 5.82 Å². The first-order chi connectivity index (χ1) is 17.0. The molecule has 3 aromatic carbocycles. The van der Waals surface area contributed by atoms with Crippen LogP contribution in [0.2, 0.25) is 0 Å². The quantitative estimate of drug-likeness (QED) is 0.324. The molecule has 2 amide bonds. The Hall–Kier alpha value is -4.92. The van der Waals surface area contributed by atoms with Crippen LogP contribution in [-0.2, 0) is 4.74 Å². The predicted octanol–water partition coefficient (Wildman–Crippen LogP) is 4.72. The molecule has 9 nitrogen and oxygen atoms in total. The number of benzene rings is 3. The fraction of sp³-hybridized carbons (Fsp3) is 0.0769. The first-order valence-corrected chi connectivity index (χ1v) is 10.8. The lowest BCUT2D eigenvalue weighted by molar-refractivity contribution is 0.0696. The Kier molecular flexibility index (Phi) is 5.72. The molecule has 0 fully saturated rings. The SMILES string of the molecule is O=C(Nc1cc(C(=O)Nc2cccc(C(=O)O)c2)[nH]n1)OCC1c2ccccc2-c2ccccc21. The Morgan fingerprint density at radius 1 is 0.886 bits per heavy atom. The van der Waals surface area contributed by atoms with Crippen molar-refractivity contribution in [1.82, 2.24) is 10.2 Å². The molecule has 0 saturated carbocycles. The molecule has 1 heterocycles. The van der Waals surface area contributed by atoms with Crippen LogP contribution in [0.25, 0.3) is 11.1 Å². The van der Waals surface area contributed by atoms with Gasteiger partial charge < -0.3 is 15.2 Å². The molecular weight excluding hydrogens is 448 g/mol. The number of ether oxygens (including phenoxy) is 1. The molecule has 0 atom stereocenters. The number of H-pyrrole nitrogens is 1. The summed E-state index contributed by atoms with van der Waals surface area (Å²) in [5.41, 5.74) is 4.92. The molecule has 0 saturated heterocycles. The van der Waals surface area contributed by atoms with Gasteiger partial charge in [0.25, 0.3) is 5.91 Å². The molecule has 0 radical (unpaired) electrons. The first kappa shape index (κ1) is 21.9. The normalized spacial score (nSPS) is 11.9. The third kappa shape index (κ3) is 4.47. The number of carboxylic acid groups (broad SMARTS) is 1. The fourth-order valence-corrected chi connectivity index (χ4v) is 4.17. The van der Waals surface area contributed by atoms with E-state index in [-0.39, 0.29) is 29.6 Å². The number of amides is 2. The molecule has 174 valence electrons. The molecule has 0 unspecified atom stereocenters. The van der Waals surface area contributed by atoms with E-state index in [1.54, 1.807) is 6.07 Å². The summed E-state index contributed by atoms with van der Waals surface area (Å²) < 4.78 is 5.48. The van der Waals surface area contributed by atoms with Crippen LogP contribution < -0.4 is 10.6 Å². The molecule has 9 heteroatoms. The maximum atomic E-state index is 12.5. The second kappa shape index (κ2) is 9.14. The van der Waals surface area contributed by atoms with Crippen molar-refractivity contribution in [2.45, 2.75) is 5.92 Å². The van der Waals surface area contributed by atoms with Gasteiger partial charge in [0.05, 0.1) is 5.56 Å². The summed E-state index contributed by atoms with van der Waals surface area (Å²) in [6.07, 6.45) is -0.695. The Morgan fingerprint density at radius 2 is 1.57 bits per heavy atom. The number of aromatic carboxylic acids is 1. The van der Waals surface area contributed by atoms with E-state index in [2.05, 4.69) is 33.0 Å². The molecule has 0 aliphatic heterocycles. The van der Waals surface area contributed by atoms with Crippen molar-refractivity contribution in [3.05, 3.63) is 101 Å². The number of aromatic amines is 1. The lowest BCUT2D eigenvalue weighted by atomic mass is 9.98. The number of carbonyl (C=O) groups is 3. The number of aromatic nitrogens is 2. The van der Waals surface area contributed by atoms with E-state index >= 15 is 0 Å². The summed E-state index contributed by atoms with van der Waals surface area (Å²) in [6, 6.07) is 23.3. The average Bonchev–Trinajstić information content (AvgIpc) is 3.46. The number of carbonyl (C=O) groups excluding carboxylic acids is 2. The maximum Gasteiger partial charge on any atom is 0.412 e. The summed E-state index contributed by atoms with van der Waals surface area (Å²) in [7, 11) is 0. The van der Waals surface area contributed by atoms with Gasteiger partial charge in [-0.15, -0.1) is 0 Å². The van der Waals surface area contributed by atoms with Crippen LogP contribution in [0.15, 0.2) is 78.9 Å². The zero-order valence-electron chi connectivity index (χ0n) is 18.3. The second-order valence-electron chi connectivity index (χ2n) is 7.96. The summed E-state index contributed by atoms with van der Waals surface area (Å²) in [5.74, 6) is -1.60. The fourth-order valence-electron chi connectivity index (χ4n) is 4.17. The molecular formula is C26H20N4O5. The largest absolute Gasteiger partial charge is 0.478 e. The minimum atomic E-state index is -1.10. The summed E-state index contributed by atoms with van der Waals surface area (Å²) >= 11 is 0. The number of fused-ring (bicyclic) bond motifs is 3. The van der Waals surface area contributed by atoms with E-state index in [0.29, 0.717) is 5.69 Å². The lowest BCUT2D eigenvalue weighted by Crippen LogP contribution is -2.18. The summed E-state index contributed by atoms with van der Waals surface area (Å²) in [5, 5.41) is 20.6. The Balaban J connectivity index is 1.20. The van der Waals surface area contributed by atoms with E-state index in [4.69, 9.17) is 9.84 Å². The van der Waals surface area contributed by atoms with Crippen LogP contribution >= 0.6 is 0 Å². The monoisotopic (exact) mass is 468 g/mol. The van der Waals surface area contributed by atoms with Gasteiger partial charge in [-0.05, 0) is 40.5 Å². The van der Waals surface area contributed by atoms with Gasteiger partial charge in [0.2, 0.25) is 0 Å². The van der Waals surface area contributed by atoms with Gasteiger partial charge in [0, 0.05) is 17.7 Å². The topological polar surface area (TPSA) is 133 Å². The molecule has 1 aliphatic rings. The summed E-state index contributed by atoms with van der Waals surface area (Å²) in [4.78, 5) is 36.0. The zero-order chi connectivity index (χ0) is 24.4. The lowest BCUT2D eigenvalue weighted by Gasteiger charge is -2.14. The standard InChI is InChI=1S/C26H20N4O5/c31-24(27-16-7-5-6-15(12-16)25(32)33)22-13-23(30-29-22)28-26(34)35-14-21-19-10-3-1-8-17(19)18-9-2-4-11-20(18)21/h1-13,21H,14H2,(H,27,31)(H,32,33)(H2,28,29,30,34). The third-order valence-corrected chi connectivity index (χ3v) is 5.76. The minimum Gasteiger partial charge on any atom is -0.478 e. The number of nitrogens with one attached hydrogen (secondary N) is 3. The van der Waals surface area contributed by atoms with Crippen molar-refractivity contribution >= 4 is 29.5 Å². The highest BCUT2D eigenvalue weighted by Crippen LogP contribution is 2.44. The van der Waals surface area contributed by atoms with Crippen LogP contribution in [0.5, 0.6) is 0 Å². The van der Waals surface area contributed by atoms with E-state index in [0.717, 1.165) is 22.3 Å². The number of hydrogen-bond acceptors (Lipinski definition) is 5. The number of hydrogen-bond donors (Lipinski definition) is 4. The average molecular weight is 468 g/mol. The molecule has 4 aromatic rings. The molecule has 35 heavy (non-hydrogen) atoms. The van der Waals surface area contributed by atoms with Gasteiger partial charge in [0.1, 0.15) is 12.3 Å². The van der Waals surface area contributed by atoms with Crippen molar-refractivity contribution in [1.29, 1.82) is 0 Å². The molecule has 5 rings (SSSR count). The highest BCUT2D eigenvalue weighted by Gasteiger charge is 2.29. The maximum absolute atomic E-state index is 12.5. The number of rotatable bonds is 6. The highest BCUT2D eigenvalue weighted by atomic mass is 16.5. The van der Waals surface area contributed by atoms with Crippen LogP contribution in [0.3, 0.4) is 0 Å². The van der Waals surface area contributed by atoms with Crippen LogP contribution in [0, 0.1) is 0 Å². The molecule has 4 N–H and O–H groups in total. The number of carboxylic acids is 1. The van der Waals surface area contributed by atoms with Gasteiger partial charge in [-0.3, -0.25) is 15.2 Å². The van der Waals surface area contributed by atoms with Crippen molar-refractivity contribution < 1.29 is 24.2 Å². The van der Waals surface area contributed by atoms with Crippen molar-refractivity contribution in [3.63, 3.8) is 0 Å². The van der Waals surface area contributed by atoms with E-state index in [1.165, 1.54) is 24.3 Å². The van der Waals surface area contributed by atoms with Gasteiger partial charge in [-0.25, -0.2) is 9.59 Å². The summed E-state index contributed by atoms with van der Waals surface area (Å²) in [6.45, 7) is 0.150. The van der Waals surface area contributed by atoms with Crippen LogP contribution in [-0.4, -0.2) is 39.9 Å². The molecule has 1 aromatic heterocycles. The van der Waals surface area contributed by atoms with Crippen LogP contribution in [0.4, 0.5) is 16.3 Å². The van der Waals surface area contributed by atoms with Crippen molar-refractivity contribution in [2.75, 3.05) is 17.2 Å². The number of nitrogens with zero attached hydrogens (tertiary/aromatic N) is 1. The van der Waals surface area contributed by atoms with Gasteiger partial charge >= 0.3 is 12.1 Å². The van der Waals surface area contributed by atoms with E-state index in [1.807, 2.05) is 36.4 Å². The minimum absolute atomic E-state index is 0.0463. The molecule has 0 bridgehead atoms. The molecule has 0 spiro atoms. The first-order valence-electron chi connectivity index (χ1n) is 10.8. The predicted molar refractivity (Wildman–Crippen MR) is 129 cm³/mol. The Morgan fingerprint density at radius 3 is 2.26 bits per heavy atom. The zero-order valence-corrected chi connectivity index (χ0v) is 18.3. The molecule has 1 aliphatic carbocycles. The highest BCUT2D eigenvalue weighted by molar-refractivity contribution is 6.04. The van der Waals surface area contributed by atoms with E-state index in [9.17, 15) is 14.4 Å². The number of anilines is 2. The smallest absolute Gasteiger partial charge is 0.412 e. The van der Waals surface area contributed by atoms with Crippen molar-refractivity contribution in [2.24, 2.45) is 0 Å². The van der Waals surface area contributed by atoms with E-state index < -0.39 is 18.0 Å². The van der Waals surface area contributed by atoms with Crippen LogP contribution in [0.1, 0.15) is 37.9 Å². The van der Waals surface area contributed by atoms with Crippen molar-refractivity contribution in [3.8, 4) is 11.1 Å². The second-order valence-corrected chi connectivity index (χ2v) is 7.96. The van der Waals surface area contributed by atoms with Gasteiger partial charge in [-0.1, -0.05) is 54.6 Å².